The molecule has 0 spiro atoms. The number of methoxy groups -OCH3 is 1. The number of hydrogen-bond acceptors (Lipinski definition) is 8. The summed E-state index contributed by atoms with van der Waals surface area (Å²) in [5.41, 5.74) is 2.79. The zero-order valence-electron chi connectivity index (χ0n) is 19.2. The number of nitriles is 1. The summed E-state index contributed by atoms with van der Waals surface area (Å²) in [6, 6.07) is 17.5. The molecule has 1 aliphatic rings. The molecule has 0 amide bonds. The van der Waals surface area contributed by atoms with Gasteiger partial charge in [0.15, 0.2) is 16.8 Å². The van der Waals surface area contributed by atoms with Crippen molar-refractivity contribution < 1.29 is 9.53 Å². The summed E-state index contributed by atoms with van der Waals surface area (Å²) in [7, 11) is 5.32. The van der Waals surface area contributed by atoms with Crippen LogP contribution in [0.25, 0.3) is 11.4 Å². The monoisotopic (exact) mass is 472 g/mol. The fraction of sp³-hybridized carbons (Fsp3) is 0.200. The number of para-hydroxylation sites is 3. The van der Waals surface area contributed by atoms with Gasteiger partial charge in [0, 0.05) is 20.6 Å². The Morgan fingerprint density at radius 1 is 1.12 bits per heavy atom. The molecule has 2 heterocycles. The molecule has 2 aromatic carbocycles. The number of aromatic nitrogens is 3. The molecule has 0 bridgehead atoms. The Bertz CT molecular complexity index is 1290. The van der Waals surface area contributed by atoms with Crippen LogP contribution in [0.4, 0.5) is 11.4 Å². The van der Waals surface area contributed by atoms with Gasteiger partial charge in [0.2, 0.25) is 0 Å². The van der Waals surface area contributed by atoms with Gasteiger partial charge in [0.1, 0.15) is 23.2 Å². The summed E-state index contributed by atoms with van der Waals surface area (Å²) in [6.45, 7) is 4.30. The van der Waals surface area contributed by atoms with Gasteiger partial charge in [-0.2, -0.15) is 5.26 Å². The fourth-order valence-electron chi connectivity index (χ4n) is 3.98. The Kier molecular flexibility index (Phi) is 6.70. The minimum absolute atomic E-state index is 0.0472. The molecule has 1 aliphatic heterocycles. The molecule has 0 radical (unpaired) electrons. The predicted molar refractivity (Wildman–Crippen MR) is 134 cm³/mol. The van der Waals surface area contributed by atoms with E-state index in [1.54, 1.807) is 13.2 Å². The van der Waals surface area contributed by atoms with E-state index in [1.165, 1.54) is 11.8 Å². The standard InChI is InChI=1S/C25H24N6O2S/c1-5-14-31-23(17-10-6-9-13-22(17)33-4)27-28-25(31)34-16-21(32)18(15-26)24-29(2)19-11-7-8-12-20(19)30(24)3/h5-13H,1,14,16H2,2-4H3. The Labute approximate surface area is 202 Å². The van der Waals surface area contributed by atoms with Gasteiger partial charge in [0.25, 0.3) is 0 Å². The van der Waals surface area contributed by atoms with E-state index in [4.69, 9.17) is 4.74 Å². The molecule has 34 heavy (non-hydrogen) atoms. The van der Waals surface area contributed by atoms with E-state index in [0.717, 1.165) is 16.9 Å². The highest BCUT2D eigenvalue weighted by Crippen LogP contribution is 2.40. The lowest BCUT2D eigenvalue weighted by molar-refractivity contribution is -0.112. The van der Waals surface area contributed by atoms with E-state index in [1.807, 2.05) is 77.0 Å². The molecular weight excluding hydrogens is 448 g/mol. The van der Waals surface area contributed by atoms with Gasteiger partial charge in [-0.15, -0.1) is 16.8 Å². The smallest absolute Gasteiger partial charge is 0.192 e. The first-order chi connectivity index (χ1) is 16.5. The summed E-state index contributed by atoms with van der Waals surface area (Å²) in [5.74, 6) is 1.64. The number of benzene rings is 2. The SMILES string of the molecule is C=CCn1c(SCC(=O)C(C#N)=C2N(C)c3ccccc3N2C)nnc1-c1ccccc1OC. The average molecular weight is 473 g/mol. The average Bonchev–Trinajstić information content (AvgIpc) is 3.37. The van der Waals surface area contributed by atoms with Gasteiger partial charge in [-0.3, -0.25) is 9.36 Å². The second kappa shape index (κ2) is 9.85. The Balaban J connectivity index is 1.61. The van der Waals surface area contributed by atoms with Crippen LogP contribution in [-0.2, 0) is 11.3 Å². The normalized spacial score (nSPS) is 12.4. The van der Waals surface area contributed by atoms with Crippen LogP contribution in [0.15, 0.2) is 77.7 Å². The summed E-state index contributed by atoms with van der Waals surface area (Å²) in [6.07, 6.45) is 1.75. The Hall–Kier alpha value is -4.03. The van der Waals surface area contributed by atoms with E-state index in [9.17, 15) is 10.1 Å². The van der Waals surface area contributed by atoms with E-state index < -0.39 is 0 Å². The number of Topliss-reactive ketones (excluding diaryl/α,β-unsaturated/α-hetero) is 1. The second-order valence-corrected chi connectivity index (χ2v) is 8.48. The lowest BCUT2D eigenvalue weighted by atomic mass is 10.2. The first-order valence-electron chi connectivity index (χ1n) is 10.6. The number of allylic oxidation sites excluding steroid dienone is 2. The number of nitrogens with zero attached hydrogens (tertiary/aromatic N) is 6. The van der Waals surface area contributed by atoms with Gasteiger partial charge in [-0.1, -0.05) is 42.1 Å². The van der Waals surface area contributed by atoms with Gasteiger partial charge in [0.05, 0.1) is 29.8 Å². The molecule has 0 N–H and O–H groups in total. The highest BCUT2D eigenvalue weighted by Gasteiger charge is 2.31. The first kappa shape index (κ1) is 23.1. The van der Waals surface area contributed by atoms with Crippen molar-refractivity contribution in [1.82, 2.24) is 14.8 Å². The topological polar surface area (TPSA) is 87.3 Å². The summed E-state index contributed by atoms with van der Waals surface area (Å²) >= 11 is 1.24. The maximum atomic E-state index is 13.2. The number of carbonyl (C=O) groups is 1. The predicted octanol–water partition coefficient (Wildman–Crippen LogP) is 4.12. The summed E-state index contributed by atoms with van der Waals surface area (Å²) in [4.78, 5) is 16.9. The largest absolute Gasteiger partial charge is 0.496 e. The quantitative estimate of drug-likeness (QED) is 0.209. The van der Waals surface area contributed by atoms with Gasteiger partial charge in [-0.25, -0.2) is 0 Å². The minimum atomic E-state index is -0.277. The fourth-order valence-corrected chi connectivity index (χ4v) is 4.80. The van der Waals surface area contributed by atoms with E-state index >= 15 is 0 Å². The maximum absolute atomic E-state index is 13.2. The summed E-state index contributed by atoms with van der Waals surface area (Å²) in [5, 5.41) is 19.1. The van der Waals surface area contributed by atoms with Crippen LogP contribution >= 0.6 is 11.8 Å². The van der Waals surface area contributed by atoms with Crippen LogP contribution in [0, 0.1) is 11.3 Å². The molecule has 0 saturated heterocycles. The van der Waals surface area contributed by atoms with Crippen LogP contribution in [0.2, 0.25) is 0 Å². The molecule has 0 aliphatic carbocycles. The molecule has 8 nitrogen and oxygen atoms in total. The van der Waals surface area contributed by atoms with E-state index in [0.29, 0.717) is 29.1 Å². The number of rotatable bonds is 8. The van der Waals surface area contributed by atoms with E-state index in [-0.39, 0.29) is 17.1 Å². The van der Waals surface area contributed by atoms with Crippen molar-refractivity contribution in [2.24, 2.45) is 0 Å². The Morgan fingerprint density at radius 3 is 2.38 bits per heavy atom. The lowest BCUT2D eigenvalue weighted by Gasteiger charge is -2.19. The molecule has 0 saturated carbocycles. The van der Waals surface area contributed by atoms with Crippen molar-refractivity contribution >= 4 is 28.9 Å². The zero-order valence-corrected chi connectivity index (χ0v) is 20.0. The number of ether oxygens (including phenoxy) is 1. The van der Waals surface area contributed by atoms with Crippen molar-refractivity contribution in [3.05, 3.63) is 72.6 Å². The van der Waals surface area contributed by atoms with Crippen molar-refractivity contribution in [2.75, 3.05) is 36.8 Å². The molecule has 172 valence electrons. The third kappa shape index (κ3) is 4.04. The maximum Gasteiger partial charge on any atom is 0.192 e. The van der Waals surface area contributed by atoms with E-state index in [2.05, 4.69) is 22.8 Å². The minimum Gasteiger partial charge on any atom is -0.496 e. The van der Waals surface area contributed by atoms with Crippen molar-refractivity contribution in [1.29, 1.82) is 5.26 Å². The third-order valence-electron chi connectivity index (χ3n) is 5.56. The van der Waals surface area contributed by atoms with Crippen molar-refractivity contribution in [2.45, 2.75) is 11.7 Å². The number of fused-ring (bicyclic) bond motifs is 1. The molecular formula is C25H24N6O2S. The van der Waals surface area contributed by atoms with Crippen LogP contribution in [0.5, 0.6) is 5.75 Å². The highest BCUT2D eigenvalue weighted by atomic mass is 32.2. The van der Waals surface area contributed by atoms with Crippen molar-refractivity contribution in [3.8, 4) is 23.2 Å². The lowest BCUT2D eigenvalue weighted by Crippen LogP contribution is -2.26. The van der Waals surface area contributed by atoms with Crippen LogP contribution in [-0.4, -0.2) is 47.5 Å². The molecule has 1 aromatic heterocycles. The number of hydrogen-bond donors (Lipinski definition) is 0. The highest BCUT2D eigenvalue weighted by molar-refractivity contribution is 7.99. The molecule has 0 unspecified atom stereocenters. The molecule has 9 heteroatoms. The number of carbonyl (C=O) groups excluding carboxylic acids is 1. The van der Waals surface area contributed by atoms with Gasteiger partial charge >= 0.3 is 0 Å². The first-order valence-corrected chi connectivity index (χ1v) is 11.5. The molecule has 0 atom stereocenters. The molecule has 3 aromatic rings. The van der Waals surface area contributed by atoms with Crippen LogP contribution in [0.1, 0.15) is 0 Å². The van der Waals surface area contributed by atoms with Crippen LogP contribution < -0.4 is 14.5 Å². The zero-order chi connectivity index (χ0) is 24.2. The Morgan fingerprint density at radius 2 is 1.76 bits per heavy atom. The molecule has 0 fully saturated rings. The third-order valence-corrected chi connectivity index (χ3v) is 6.53. The number of ketones is 1. The second-order valence-electron chi connectivity index (χ2n) is 7.53. The number of thioether (sulfide) groups is 1. The molecule has 4 rings (SSSR count). The van der Waals surface area contributed by atoms with Gasteiger partial charge in [-0.05, 0) is 24.3 Å². The summed E-state index contributed by atoms with van der Waals surface area (Å²) < 4.78 is 7.35. The van der Waals surface area contributed by atoms with Crippen molar-refractivity contribution in [3.63, 3.8) is 0 Å². The van der Waals surface area contributed by atoms with Gasteiger partial charge < -0.3 is 14.5 Å². The number of anilines is 2. The van der Waals surface area contributed by atoms with Crippen LogP contribution in [0.3, 0.4) is 0 Å².